The highest BCUT2D eigenvalue weighted by Gasteiger charge is 2.21. The fraction of sp³-hybridized carbons (Fsp3) is 0.571. The Labute approximate surface area is 109 Å². The van der Waals surface area contributed by atoms with Crippen LogP contribution in [0.15, 0.2) is 24.3 Å². The first kappa shape index (κ1) is 12.9. The molecule has 1 aromatic carbocycles. The first-order valence-electron chi connectivity index (χ1n) is 6.49. The number of benzene rings is 1. The van der Waals surface area contributed by atoms with Crippen LogP contribution in [0.2, 0.25) is 5.02 Å². The van der Waals surface area contributed by atoms with E-state index in [-0.39, 0.29) is 0 Å². The van der Waals surface area contributed by atoms with E-state index in [4.69, 9.17) is 11.6 Å². The van der Waals surface area contributed by atoms with Gasteiger partial charge in [0.1, 0.15) is 0 Å². The van der Waals surface area contributed by atoms with Crippen molar-refractivity contribution in [1.29, 1.82) is 0 Å². The largest absolute Gasteiger partial charge is 0.311 e. The predicted octanol–water partition coefficient (Wildman–Crippen LogP) is 2.91. The van der Waals surface area contributed by atoms with Crippen molar-refractivity contribution in [3.8, 4) is 0 Å². The molecular weight excluding hydrogens is 232 g/mol. The summed E-state index contributed by atoms with van der Waals surface area (Å²) in [7, 11) is 0. The van der Waals surface area contributed by atoms with Gasteiger partial charge in [0.15, 0.2) is 0 Å². The number of rotatable bonds is 5. The van der Waals surface area contributed by atoms with E-state index in [2.05, 4.69) is 29.3 Å². The Hall–Kier alpha value is -0.570. The highest BCUT2D eigenvalue weighted by atomic mass is 35.5. The van der Waals surface area contributed by atoms with Crippen molar-refractivity contribution in [2.75, 3.05) is 19.6 Å². The van der Waals surface area contributed by atoms with E-state index in [1.165, 1.54) is 31.5 Å². The fourth-order valence-corrected chi connectivity index (χ4v) is 2.65. The summed E-state index contributed by atoms with van der Waals surface area (Å²) in [6, 6.07) is 8.80. The SMILES string of the molecule is CCN1CCC[C@@H]1CNCc1ccc(Cl)cc1. The Morgan fingerprint density at radius 1 is 1.35 bits per heavy atom. The summed E-state index contributed by atoms with van der Waals surface area (Å²) < 4.78 is 0. The van der Waals surface area contributed by atoms with Gasteiger partial charge in [0.05, 0.1) is 0 Å². The van der Waals surface area contributed by atoms with Gasteiger partial charge < -0.3 is 5.32 Å². The number of halogens is 1. The van der Waals surface area contributed by atoms with E-state index in [9.17, 15) is 0 Å². The van der Waals surface area contributed by atoms with Crippen LogP contribution in [0.4, 0.5) is 0 Å². The van der Waals surface area contributed by atoms with E-state index >= 15 is 0 Å². The molecule has 3 heteroatoms. The van der Waals surface area contributed by atoms with Crippen LogP contribution in [0.5, 0.6) is 0 Å². The molecule has 94 valence electrons. The van der Waals surface area contributed by atoms with Gasteiger partial charge in [-0.15, -0.1) is 0 Å². The summed E-state index contributed by atoms with van der Waals surface area (Å²) in [6.07, 6.45) is 2.68. The van der Waals surface area contributed by atoms with E-state index in [1.807, 2.05) is 12.1 Å². The second kappa shape index (κ2) is 6.39. The van der Waals surface area contributed by atoms with E-state index in [0.717, 1.165) is 24.2 Å². The van der Waals surface area contributed by atoms with Crippen LogP contribution in [0.25, 0.3) is 0 Å². The predicted molar refractivity (Wildman–Crippen MR) is 73.4 cm³/mol. The first-order valence-corrected chi connectivity index (χ1v) is 6.86. The van der Waals surface area contributed by atoms with Gasteiger partial charge in [0.25, 0.3) is 0 Å². The average molecular weight is 253 g/mol. The number of hydrogen-bond acceptors (Lipinski definition) is 2. The van der Waals surface area contributed by atoms with Gasteiger partial charge >= 0.3 is 0 Å². The lowest BCUT2D eigenvalue weighted by atomic mass is 10.2. The molecule has 0 saturated carbocycles. The van der Waals surface area contributed by atoms with Gasteiger partial charge in [-0.1, -0.05) is 30.7 Å². The normalized spacial score (nSPS) is 20.9. The molecule has 1 N–H and O–H groups in total. The minimum Gasteiger partial charge on any atom is -0.311 e. The lowest BCUT2D eigenvalue weighted by Gasteiger charge is -2.23. The van der Waals surface area contributed by atoms with Crippen molar-refractivity contribution in [3.63, 3.8) is 0 Å². The van der Waals surface area contributed by atoms with E-state index in [1.54, 1.807) is 0 Å². The number of likely N-dealkylation sites (tertiary alicyclic amines) is 1. The van der Waals surface area contributed by atoms with Gasteiger partial charge in [0, 0.05) is 24.2 Å². The van der Waals surface area contributed by atoms with E-state index in [0.29, 0.717) is 0 Å². The van der Waals surface area contributed by atoms with Crippen molar-refractivity contribution in [1.82, 2.24) is 10.2 Å². The van der Waals surface area contributed by atoms with Crippen LogP contribution in [-0.2, 0) is 6.54 Å². The zero-order valence-corrected chi connectivity index (χ0v) is 11.2. The monoisotopic (exact) mass is 252 g/mol. The molecule has 0 aliphatic carbocycles. The molecule has 1 heterocycles. The second-order valence-corrected chi connectivity index (χ2v) is 5.12. The van der Waals surface area contributed by atoms with E-state index < -0.39 is 0 Å². The van der Waals surface area contributed by atoms with Crippen molar-refractivity contribution < 1.29 is 0 Å². The zero-order chi connectivity index (χ0) is 12.1. The van der Waals surface area contributed by atoms with Gasteiger partial charge in [-0.25, -0.2) is 0 Å². The number of nitrogens with one attached hydrogen (secondary N) is 1. The molecule has 17 heavy (non-hydrogen) atoms. The molecule has 1 aromatic rings. The lowest BCUT2D eigenvalue weighted by molar-refractivity contribution is 0.260. The molecule has 0 bridgehead atoms. The van der Waals surface area contributed by atoms with Crippen LogP contribution in [0.3, 0.4) is 0 Å². The summed E-state index contributed by atoms with van der Waals surface area (Å²) in [5.74, 6) is 0. The summed E-state index contributed by atoms with van der Waals surface area (Å²) in [5.41, 5.74) is 1.30. The van der Waals surface area contributed by atoms with Crippen molar-refractivity contribution >= 4 is 11.6 Å². The van der Waals surface area contributed by atoms with Crippen LogP contribution in [0, 0.1) is 0 Å². The third-order valence-electron chi connectivity index (χ3n) is 3.53. The lowest BCUT2D eigenvalue weighted by Crippen LogP contribution is -2.37. The second-order valence-electron chi connectivity index (χ2n) is 4.68. The first-order chi connectivity index (χ1) is 8.29. The summed E-state index contributed by atoms with van der Waals surface area (Å²) in [6.45, 7) is 6.72. The van der Waals surface area contributed by atoms with Crippen LogP contribution < -0.4 is 5.32 Å². The molecule has 0 amide bonds. The molecule has 2 nitrogen and oxygen atoms in total. The van der Waals surface area contributed by atoms with Crippen molar-refractivity contribution in [3.05, 3.63) is 34.9 Å². The Balaban J connectivity index is 1.74. The molecule has 0 unspecified atom stereocenters. The smallest absolute Gasteiger partial charge is 0.0406 e. The summed E-state index contributed by atoms with van der Waals surface area (Å²) in [4.78, 5) is 2.56. The highest BCUT2D eigenvalue weighted by Crippen LogP contribution is 2.16. The molecule has 2 rings (SSSR count). The molecule has 1 fully saturated rings. The van der Waals surface area contributed by atoms with Crippen LogP contribution in [0.1, 0.15) is 25.3 Å². The number of hydrogen-bond donors (Lipinski definition) is 1. The molecule has 0 aromatic heterocycles. The molecule has 1 aliphatic rings. The molecule has 0 spiro atoms. The van der Waals surface area contributed by atoms with Gasteiger partial charge in [-0.3, -0.25) is 4.90 Å². The maximum absolute atomic E-state index is 5.86. The van der Waals surface area contributed by atoms with Gasteiger partial charge in [-0.05, 0) is 43.6 Å². The molecule has 1 saturated heterocycles. The average Bonchev–Trinajstić information content (AvgIpc) is 2.79. The van der Waals surface area contributed by atoms with Crippen molar-refractivity contribution in [2.45, 2.75) is 32.4 Å². The quantitative estimate of drug-likeness (QED) is 0.867. The van der Waals surface area contributed by atoms with Gasteiger partial charge in [-0.2, -0.15) is 0 Å². The number of likely N-dealkylation sites (N-methyl/N-ethyl adjacent to an activating group) is 1. The maximum Gasteiger partial charge on any atom is 0.0406 e. The fourth-order valence-electron chi connectivity index (χ4n) is 2.53. The zero-order valence-electron chi connectivity index (χ0n) is 10.5. The van der Waals surface area contributed by atoms with Crippen LogP contribution >= 0.6 is 11.6 Å². The molecule has 0 radical (unpaired) electrons. The molecular formula is C14H21ClN2. The third kappa shape index (κ3) is 3.70. The molecule has 1 atom stereocenters. The topological polar surface area (TPSA) is 15.3 Å². The standard InChI is InChI=1S/C14H21ClN2/c1-2-17-9-3-4-14(17)11-16-10-12-5-7-13(15)8-6-12/h5-8,14,16H,2-4,9-11H2,1H3/t14-/m1/s1. The van der Waals surface area contributed by atoms with Gasteiger partial charge in [0.2, 0.25) is 0 Å². The minimum absolute atomic E-state index is 0.729. The highest BCUT2D eigenvalue weighted by molar-refractivity contribution is 6.30. The summed E-state index contributed by atoms with van der Waals surface area (Å²) >= 11 is 5.86. The third-order valence-corrected chi connectivity index (χ3v) is 3.78. The van der Waals surface area contributed by atoms with Crippen LogP contribution in [-0.4, -0.2) is 30.6 Å². The van der Waals surface area contributed by atoms with Crippen molar-refractivity contribution in [2.24, 2.45) is 0 Å². The minimum atomic E-state index is 0.729. The molecule has 1 aliphatic heterocycles. The Morgan fingerprint density at radius 2 is 2.12 bits per heavy atom. The maximum atomic E-state index is 5.86. The Morgan fingerprint density at radius 3 is 2.82 bits per heavy atom. The Kier molecular flexibility index (Phi) is 4.84. The summed E-state index contributed by atoms with van der Waals surface area (Å²) in [5, 5.41) is 4.35. The Bertz CT molecular complexity index is 337. The number of nitrogens with zero attached hydrogens (tertiary/aromatic N) is 1.